The maximum atomic E-state index is 13.1. The molecule has 2 aliphatic rings. The lowest BCUT2D eigenvalue weighted by Crippen LogP contribution is -2.68. The molecule has 2 atom stereocenters. The van der Waals surface area contributed by atoms with Crippen LogP contribution < -0.4 is 10.6 Å². The molecule has 3 heterocycles. The van der Waals surface area contributed by atoms with E-state index < -0.39 is 28.5 Å². The molecule has 3 N–H and O–H groups in total. The molecular formula is C23H32N6O7S2. The summed E-state index contributed by atoms with van der Waals surface area (Å²) in [6, 6.07) is -0.607. The van der Waals surface area contributed by atoms with E-state index in [1.54, 1.807) is 33.2 Å². The maximum absolute atomic E-state index is 13.1. The van der Waals surface area contributed by atoms with Gasteiger partial charge in [0, 0.05) is 30.5 Å². The van der Waals surface area contributed by atoms with Gasteiger partial charge in [-0.2, -0.15) is 0 Å². The lowest BCUT2D eigenvalue weighted by molar-refractivity contribution is -0.403. The topological polar surface area (TPSA) is 169 Å². The van der Waals surface area contributed by atoms with Gasteiger partial charge in [-0.05, 0) is 39.9 Å². The number of β-lactam (4-membered cyclic amide) rings is 1. The fourth-order valence-corrected chi connectivity index (χ4v) is 5.53. The molecule has 0 bridgehead atoms. The van der Waals surface area contributed by atoms with Crippen LogP contribution in [0.2, 0.25) is 0 Å². The van der Waals surface area contributed by atoms with Gasteiger partial charge >= 0.3 is 11.9 Å². The first-order valence-electron chi connectivity index (χ1n) is 11.9. The van der Waals surface area contributed by atoms with Gasteiger partial charge in [0.15, 0.2) is 0 Å². The lowest BCUT2D eigenvalue weighted by atomic mass is 10.0. The largest absolute Gasteiger partial charge is 0.461 e. The van der Waals surface area contributed by atoms with Crippen molar-refractivity contribution < 1.29 is 28.8 Å². The summed E-state index contributed by atoms with van der Waals surface area (Å²) in [5.41, 5.74) is 0.726. The van der Waals surface area contributed by atoms with Gasteiger partial charge in [-0.3, -0.25) is 24.6 Å². The van der Waals surface area contributed by atoms with E-state index in [9.17, 15) is 24.5 Å². The molecule has 3 rings (SSSR count). The summed E-state index contributed by atoms with van der Waals surface area (Å²) in [6.07, 6.45) is 5.73. The average molecular weight is 569 g/mol. The number of esters is 2. The summed E-state index contributed by atoms with van der Waals surface area (Å²) in [5.74, 6) is -0.604. The van der Waals surface area contributed by atoms with Crippen molar-refractivity contribution in [3.63, 3.8) is 0 Å². The molecular weight excluding hydrogens is 536 g/mol. The second-order valence-corrected chi connectivity index (χ2v) is 11.5. The van der Waals surface area contributed by atoms with Crippen LogP contribution >= 0.6 is 23.5 Å². The summed E-state index contributed by atoms with van der Waals surface area (Å²) in [7, 11) is 0. The van der Waals surface area contributed by atoms with Crippen LogP contribution in [-0.4, -0.2) is 79.8 Å². The molecule has 2 aliphatic heterocycles. The molecule has 15 heteroatoms. The van der Waals surface area contributed by atoms with Crippen molar-refractivity contribution in [1.82, 2.24) is 20.2 Å². The average Bonchev–Trinajstić information content (AvgIpc) is 3.28. The Morgan fingerprint density at radius 2 is 2.16 bits per heavy atom. The van der Waals surface area contributed by atoms with Crippen molar-refractivity contribution in [3.8, 4) is 0 Å². The standard InChI is InChI=1S/C23H32N6O7S2/c1-13(30)35-11-14-12-38-20-17(19(31)29(20)18(14)21(32)36-23(2,3)4)27-22-25-9-15(26-22)7-6-8-24-16(37-5)10-28(33)34/h9-10,17,20,24H,6-8,11-12H2,1-5H3,(H2,25,26,27)/t17?,20-/m0/s1. The number of aromatic amines is 1. The Balaban J connectivity index is 1.62. The summed E-state index contributed by atoms with van der Waals surface area (Å²) in [5, 5.41) is 16.9. The smallest absolute Gasteiger partial charge is 0.355 e. The molecule has 1 aromatic rings. The minimum absolute atomic E-state index is 0.0951. The van der Waals surface area contributed by atoms with Gasteiger partial charge in [0.2, 0.25) is 5.95 Å². The molecule has 0 spiro atoms. The van der Waals surface area contributed by atoms with E-state index in [2.05, 4.69) is 20.6 Å². The molecule has 1 amide bonds. The number of nitrogens with one attached hydrogen (secondary N) is 3. The summed E-state index contributed by atoms with van der Waals surface area (Å²) in [6.45, 7) is 6.96. The number of rotatable bonds is 12. The van der Waals surface area contributed by atoms with Crippen molar-refractivity contribution in [3.05, 3.63) is 44.5 Å². The summed E-state index contributed by atoms with van der Waals surface area (Å²) < 4.78 is 10.6. The number of hydrogen-bond acceptors (Lipinski definition) is 12. The predicted octanol–water partition coefficient (Wildman–Crippen LogP) is 2.22. The summed E-state index contributed by atoms with van der Waals surface area (Å²) >= 11 is 2.72. The molecule has 0 saturated carbocycles. The number of aromatic nitrogens is 2. The van der Waals surface area contributed by atoms with Gasteiger partial charge < -0.3 is 25.1 Å². The van der Waals surface area contributed by atoms with Gasteiger partial charge in [0.05, 0.1) is 11.1 Å². The van der Waals surface area contributed by atoms with Crippen molar-refractivity contribution >= 4 is 47.3 Å². The fourth-order valence-electron chi connectivity index (χ4n) is 3.76. The van der Waals surface area contributed by atoms with E-state index in [1.807, 2.05) is 0 Å². The van der Waals surface area contributed by atoms with Gasteiger partial charge in [0.25, 0.3) is 12.1 Å². The van der Waals surface area contributed by atoms with Crippen molar-refractivity contribution in [2.75, 3.05) is 30.5 Å². The predicted molar refractivity (Wildman–Crippen MR) is 144 cm³/mol. The van der Waals surface area contributed by atoms with Crippen LogP contribution in [-0.2, 0) is 30.3 Å². The highest BCUT2D eigenvalue weighted by molar-refractivity contribution is 8.02. The Kier molecular flexibility index (Phi) is 9.71. The SMILES string of the molecule is CSC(=C[N+](=O)[O-])NCCCc1cnc(NC2C(=O)N3C(C(=O)OC(C)(C)C)=C(COC(C)=O)CS[C@@H]23)[nH]1. The number of thioether (sulfide) groups is 2. The maximum Gasteiger partial charge on any atom is 0.355 e. The van der Waals surface area contributed by atoms with E-state index in [1.165, 1.54) is 35.3 Å². The number of fused-ring (bicyclic) bond motifs is 1. The van der Waals surface area contributed by atoms with Gasteiger partial charge in [-0.1, -0.05) is 0 Å². The summed E-state index contributed by atoms with van der Waals surface area (Å²) in [4.78, 5) is 56.5. The van der Waals surface area contributed by atoms with Gasteiger partial charge in [-0.15, -0.1) is 23.5 Å². The number of aryl methyl sites for hydroxylation is 1. The van der Waals surface area contributed by atoms with Crippen LogP contribution in [0, 0.1) is 10.1 Å². The first-order valence-corrected chi connectivity index (χ1v) is 14.1. The van der Waals surface area contributed by atoms with E-state index >= 15 is 0 Å². The van der Waals surface area contributed by atoms with Crippen LogP contribution in [0.1, 0.15) is 39.8 Å². The van der Waals surface area contributed by atoms with Crippen LogP contribution in [0.3, 0.4) is 0 Å². The number of hydrogen-bond donors (Lipinski definition) is 3. The minimum Gasteiger partial charge on any atom is -0.461 e. The molecule has 0 radical (unpaired) electrons. The molecule has 13 nitrogen and oxygen atoms in total. The Morgan fingerprint density at radius 3 is 2.79 bits per heavy atom. The van der Waals surface area contributed by atoms with Gasteiger partial charge in [0.1, 0.15) is 34.3 Å². The Hall–Kier alpha value is -3.20. The molecule has 38 heavy (non-hydrogen) atoms. The number of ether oxygens (including phenoxy) is 2. The Labute approximate surface area is 228 Å². The third-order valence-electron chi connectivity index (χ3n) is 5.37. The zero-order chi connectivity index (χ0) is 28.0. The highest BCUT2D eigenvalue weighted by Crippen LogP contribution is 2.42. The Bertz CT molecular complexity index is 1140. The number of carbonyl (C=O) groups is 3. The molecule has 1 unspecified atom stereocenters. The molecule has 1 saturated heterocycles. The van der Waals surface area contributed by atoms with E-state index in [4.69, 9.17) is 9.47 Å². The van der Waals surface area contributed by atoms with E-state index in [0.29, 0.717) is 41.7 Å². The quantitative estimate of drug-likeness (QED) is 0.111. The lowest BCUT2D eigenvalue weighted by Gasteiger charge is -2.49. The number of nitro groups is 1. The normalized spacial score (nSPS) is 19.4. The fraction of sp³-hybridized carbons (Fsp3) is 0.565. The first-order chi connectivity index (χ1) is 17.9. The third-order valence-corrected chi connectivity index (χ3v) is 7.40. The van der Waals surface area contributed by atoms with Crippen LogP contribution in [0.15, 0.2) is 28.7 Å². The van der Waals surface area contributed by atoms with Crippen molar-refractivity contribution in [2.45, 2.75) is 57.6 Å². The zero-order valence-corrected chi connectivity index (χ0v) is 23.5. The van der Waals surface area contributed by atoms with Crippen molar-refractivity contribution in [2.24, 2.45) is 0 Å². The third kappa shape index (κ3) is 7.66. The number of anilines is 1. The molecule has 208 valence electrons. The number of H-pyrrole nitrogens is 1. The molecule has 1 aromatic heterocycles. The second kappa shape index (κ2) is 12.6. The molecule has 1 fully saturated rings. The van der Waals surface area contributed by atoms with E-state index in [0.717, 1.165) is 11.9 Å². The van der Waals surface area contributed by atoms with E-state index in [-0.39, 0.29) is 23.6 Å². The Morgan fingerprint density at radius 1 is 1.42 bits per heavy atom. The minimum atomic E-state index is -0.762. The number of amides is 1. The first kappa shape index (κ1) is 29.4. The zero-order valence-electron chi connectivity index (χ0n) is 21.9. The highest BCUT2D eigenvalue weighted by atomic mass is 32.2. The van der Waals surface area contributed by atoms with Gasteiger partial charge in [-0.25, -0.2) is 9.78 Å². The number of imidazole rings is 1. The monoisotopic (exact) mass is 568 g/mol. The number of carbonyl (C=O) groups excluding carboxylic acids is 3. The molecule has 0 aromatic carbocycles. The molecule has 0 aliphatic carbocycles. The highest BCUT2D eigenvalue weighted by Gasteiger charge is 2.54. The van der Waals surface area contributed by atoms with Crippen LogP contribution in [0.25, 0.3) is 0 Å². The van der Waals surface area contributed by atoms with Crippen LogP contribution in [0.4, 0.5) is 5.95 Å². The van der Waals surface area contributed by atoms with Crippen molar-refractivity contribution in [1.29, 1.82) is 0 Å². The van der Waals surface area contributed by atoms with Crippen LogP contribution in [0.5, 0.6) is 0 Å². The number of nitrogens with zero attached hydrogens (tertiary/aromatic N) is 3. The second-order valence-electron chi connectivity index (χ2n) is 9.54.